The van der Waals surface area contributed by atoms with Crippen molar-refractivity contribution in [1.82, 2.24) is 4.57 Å². The van der Waals surface area contributed by atoms with Gasteiger partial charge in [0.25, 0.3) is 0 Å². The second kappa shape index (κ2) is 8.44. The Kier molecular flexibility index (Phi) is 4.51. The fraction of sp³-hybridized carbons (Fsp3) is 0. The van der Waals surface area contributed by atoms with Crippen LogP contribution in [0.4, 0.5) is 0 Å². The van der Waals surface area contributed by atoms with E-state index in [1.165, 1.54) is 93.2 Å². The number of aromatic nitrogens is 1. The maximum Gasteiger partial charge on any atom is 0.0626 e. The van der Waals surface area contributed by atoms with Gasteiger partial charge in [0, 0.05) is 21.8 Å². The van der Waals surface area contributed by atoms with Gasteiger partial charge in [-0.25, -0.2) is 0 Å². The Morgan fingerprint density at radius 3 is 1.72 bits per heavy atom. The lowest BCUT2D eigenvalue weighted by Crippen LogP contribution is -1.96. The first-order valence-electron chi connectivity index (χ1n) is 15.0. The Balaban J connectivity index is 1.48. The summed E-state index contributed by atoms with van der Waals surface area (Å²) in [5.74, 6) is 0. The van der Waals surface area contributed by atoms with Gasteiger partial charge < -0.3 is 4.57 Å². The number of hydrogen-bond acceptors (Lipinski definition) is 0. The first-order chi connectivity index (χ1) is 21.4. The number of fused-ring (bicyclic) bond motifs is 12. The van der Waals surface area contributed by atoms with E-state index in [1.54, 1.807) is 0 Å². The molecule has 0 unspecified atom stereocenters. The van der Waals surface area contributed by atoms with Gasteiger partial charge in [-0.2, -0.15) is 0 Å². The van der Waals surface area contributed by atoms with Gasteiger partial charge in [-0.1, -0.05) is 133 Å². The maximum atomic E-state index is 2.54. The molecule has 1 heterocycles. The molecule has 0 aliphatic heterocycles. The maximum absolute atomic E-state index is 2.54. The summed E-state index contributed by atoms with van der Waals surface area (Å²) in [5, 5.41) is 10.5. The van der Waals surface area contributed by atoms with Crippen molar-refractivity contribution in [3.05, 3.63) is 152 Å². The zero-order valence-corrected chi connectivity index (χ0v) is 23.4. The Morgan fingerprint density at radius 2 is 0.907 bits per heavy atom. The average Bonchev–Trinajstić information content (AvgIpc) is 3.60. The third-order valence-corrected chi connectivity index (χ3v) is 9.48. The van der Waals surface area contributed by atoms with Crippen molar-refractivity contribution in [2.45, 2.75) is 0 Å². The smallest absolute Gasteiger partial charge is 0.0626 e. The van der Waals surface area contributed by atoms with E-state index in [4.69, 9.17) is 0 Å². The van der Waals surface area contributed by atoms with E-state index in [0.29, 0.717) is 0 Å². The summed E-state index contributed by atoms with van der Waals surface area (Å²) in [6, 6.07) is 55.8. The molecule has 1 heteroatoms. The molecule has 1 nitrogen and oxygen atoms in total. The lowest BCUT2D eigenvalue weighted by atomic mass is 9.94. The summed E-state index contributed by atoms with van der Waals surface area (Å²) >= 11 is 0. The summed E-state index contributed by atoms with van der Waals surface area (Å²) in [5.41, 5.74) is 11.4. The molecule has 0 spiro atoms. The van der Waals surface area contributed by atoms with Crippen molar-refractivity contribution < 1.29 is 0 Å². The van der Waals surface area contributed by atoms with Crippen LogP contribution in [0.3, 0.4) is 0 Å². The molecule has 0 N–H and O–H groups in total. The molecule has 0 bridgehead atoms. The second-order valence-electron chi connectivity index (χ2n) is 11.7. The molecule has 9 aromatic rings. The zero-order chi connectivity index (χ0) is 28.1. The third-order valence-electron chi connectivity index (χ3n) is 9.48. The molecule has 0 saturated carbocycles. The van der Waals surface area contributed by atoms with Gasteiger partial charge in [0.05, 0.1) is 11.0 Å². The summed E-state index contributed by atoms with van der Waals surface area (Å²) in [7, 11) is 0. The number of rotatable bonds is 2. The van der Waals surface area contributed by atoms with Crippen LogP contribution in [0.5, 0.6) is 0 Å². The van der Waals surface area contributed by atoms with Crippen LogP contribution < -0.4 is 0 Å². The quantitative estimate of drug-likeness (QED) is 0.191. The van der Waals surface area contributed by atoms with E-state index in [1.807, 2.05) is 0 Å². The largest absolute Gasteiger partial charge is 0.309 e. The van der Waals surface area contributed by atoms with E-state index < -0.39 is 0 Å². The van der Waals surface area contributed by atoms with E-state index in [2.05, 4.69) is 156 Å². The van der Waals surface area contributed by atoms with Gasteiger partial charge in [0.2, 0.25) is 0 Å². The van der Waals surface area contributed by atoms with Crippen LogP contribution in [0.1, 0.15) is 0 Å². The topological polar surface area (TPSA) is 4.93 Å². The average molecular weight is 544 g/mol. The molecule has 0 radical (unpaired) electrons. The highest BCUT2D eigenvalue weighted by molar-refractivity contribution is 6.38. The minimum absolute atomic E-state index is 1.18. The molecule has 1 aromatic heterocycles. The van der Waals surface area contributed by atoms with Crippen molar-refractivity contribution >= 4 is 54.1 Å². The highest BCUT2D eigenvalue weighted by Crippen LogP contribution is 2.52. The number of hydrogen-bond donors (Lipinski definition) is 0. The molecule has 43 heavy (non-hydrogen) atoms. The van der Waals surface area contributed by atoms with Gasteiger partial charge in [-0.15, -0.1) is 0 Å². The fourth-order valence-corrected chi connectivity index (χ4v) is 7.75. The van der Waals surface area contributed by atoms with Crippen molar-refractivity contribution in [3.63, 3.8) is 0 Å². The molecule has 0 saturated heterocycles. The van der Waals surface area contributed by atoms with Crippen LogP contribution in [0.2, 0.25) is 0 Å². The predicted molar refractivity (Wildman–Crippen MR) is 183 cm³/mol. The van der Waals surface area contributed by atoms with E-state index in [-0.39, 0.29) is 0 Å². The van der Waals surface area contributed by atoms with Crippen LogP contribution in [0.15, 0.2) is 152 Å². The summed E-state index contributed by atoms with van der Waals surface area (Å²) in [6.07, 6.45) is 0. The van der Waals surface area contributed by atoms with E-state index in [9.17, 15) is 0 Å². The Bertz CT molecular complexity index is 2600. The van der Waals surface area contributed by atoms with Gasteiger partial charge in [0.1, 0.15) is 0 Å². The molecular formula is C42H25N. The zero-order valence-electron chi connectivity index (χ0n) is 23.4. The van der Waals surface area contributed by atoms with Gasteiger partial charge in [-0.05, 0) is 78.5 Å². The van der Waals surface area contributed by atoms with Crippen molar-refractivity contribution in [1.29, 1.82) is 0 Å². The molecule has 8 aromatic carbocycles. The molecule has 198 valence electrons. The minimum atomic E-state index is 1.18. The van der Waals surface area contributed by atoms with Crippen molar-refractivity contribution in [2.75, 3.05) is 0 Å². The highest BCUT2D eigenvalue weighted by Gasteiger charge is 2.27. The standard InChI is InChI=1S/C42H25N/c1-2-12-26(13-3-1)27-14-10-15-28(24-27)43-38-25-37-32-19-5-4-17-30(32)33-22-11-23-36(39(33)37)40(38)41-34-20-8-6-16-29(34)31-18-7-9-21-35(31)42(41)43/h1-25H. The molecule has 1 aliphatic carbocycles. The van der Waals surface area contributed by atoms with Crippen molar-refractivity contribution in [2.24, 2.45) is 0 Å². The van der Waals surface area contributed by atoms with Crippen LogP contribution in [0.25, 0.3) is 93.2 Å². The van der Waals surface area contributed by atoms with Crippen LogP contribution in [-0.4, -0.2) is 4.57 Å². The molecule has 10 rings (SSSR count). The SMILES string of the molecule is c1ccc(-c2cccc(-n3c4cc5c6c(cccc6c4c4c6ccccc6c6ccccc6c43)-c3ccccc3-5)c2)cc1. The predicted octanol–water partition coefficient (Wildman–Crippen LogP) is 11.6. The second-order valence-corrected chi connectivity index (χ2v) is 11.7. The summed E-state index contributed by atoms with van der Waals surface area (Å²) in [4.78, 5) is 0. The monoisotopic (exact) mass is 543 g/mol. The van der Waals surface area contributed by atoms with E-state index in [0.717, 1.165) is 0 Å². The Labute approximate surface area is 248 Å². The summed E-state index contributed by atoms with van der Waals surface area (Å²) in [6.45, 7) is 0. The first kappa shape index (κ1) is 23.0. The third kappa shape index (κ3) is 3.01. The molecule has 0 atom stereocenters. The molecule has 1 aliphatic rings. The van der Waals surface area contributed by atoms with E-state index >= 15 is 0 Å². The van der Waals surface area contributed by atoms with Gasteiger partial charge in [0.15, 0.2) is 0 Å². The van der Waals surface area contributed by atoms with Crippen LogP contribution in [0, 0.1) is 0 Å². The van der Waals surface area contributed by atoms with Crippen molar-refractivity contribution in [3.8, 4) is 39.1 Å². The summed E-state index contributed by atoms with van der Waals surface area (Å²) < 4.78 is 2.54. The number of nitrogens with zero attached hydrogens (tertiary/aromatic N) is 1. The normalized spacial score (nSPS) is 12.2. The lowest BCUT2D eigenvalue weighted by molar-refractivity contribution is 1.19. The fourth-order valence-electron chi connectivity index (χ4n) is 7.75. The Morgan fingerprint density at radius 1 is 0.326 bits per heavy atom. The van der Waals surface area contributed by atoms with Crippen LogP contribution >= 0.6 is 0 Å². The van der Waals surface area contributed by atoms with Crippen LogP contribution in [-0.2, 0) is 0 Å². The molecular weight excluding hydrogens is 518 g/mol. The molecule has 0 fully saturated rings. The number of benzene rings is 8. The lowest BCUT2D eigenvalue weighted by Gasteiger charge is -2.13. The minimum Gasteiger partial charge on any atom is -0.309 e. The Hall–Kier alpha value is -5.66. The highest BCUT2D eigenvalue weighted by atomic mass is 15.0. The van der Waals surface area contributed by atoms with Gasteiger partial charge >= 0.3 is 0 Å². The van der Waals surface area contributed by atoms with Gasteiger partial charge in [-0.3, -0.25) is 0 Å². The first-order valence-corrected chi connectivity index (χ1v) is 15.0. The molecule has 0 amide bonds.